The molecule has 0 spiro atoms. The van der Waals surface area contributed by atoms with E-state index in [1.807, 2.05) is 13.8 Å². The molecule has 2 aromatic heterocycles. The van der Waals surface area contributed by atoms with E-state index in [2.05, 4.69) is 10.4 Å². The summed E-state index contributed by atoms with van der Waals surface area (Å²) in [5.41, 5.74) is 0.761. The Bertz CT molecular complexity index is 974. The van der Waals surface area contributed by atoms with E-state index in [0.29, 0.717) is 29.7 Å². The van der Waals surface area contributed by atoms with Gasteiger partial charge in [-0.25, -0.2) is 9.07 Å². The predicted octanol–water partition coefficient (Wildman–Crippen LogP) is 1.88. The number of carbonyl (C=O) groups excluding carboxylic acids is 1. The third-order valence-electron chi connectivity index (χ3n) is 3.89. The van der Waals surface area contributed by atoms with E-state index in [0.717, 1.165) is 11.9 Å². The largest absolute Gasteiger partial charge is 0.355 e. The minimum absolute atomic E-state index is 0.127. The first-order valence-electron chi connectivity index (χ1n) is 8.02. The molecule has 3 rings (SSSR count). The van der Waals surface area contributed by atoms with Gasteiger partial charge in [0.05, 0.1) is 5.52 Å². The van der Waals surface area contributed by atoms with Crippen LogP contribution in [-0.4, -0.2) is 26.6 Å². The summed E-state index contributed by atoms with van der Waals surface area (Å²) in [6.07, 6.45) is 1.40. The molecule has 0 unspecified atom stereocenters. The van der Waals surface area contributed by atoms with Crippen molar-refractivity contribution in [1.82, 2.24) is 19.5 Å². The Hall–Kier alpha value is -2.70. The first-order valence-corrected chi connectivity index (χ1v) is 8.02. The zero-order valence-electron chi connectivity index (χ0n) is 13.7. The average Bonchev–Trinajstić information content (AvgIpc) is 2.94. The molecular formula is C17H19FN4O2. The van der Waals surface area contributed by atoms with E-state index in [9.17, 15) is 14.0 Å². The number of nitrogens with one attached hydrogen (secondary N) is 1. The van der Waals surface area contributed by atoms with Crippen LogP contribution in [0.4, 0.5) is 4.39 Å². The van der Waals surface area contributed by atoms with Gasteiger partial charge in [0.15, 0.2) is 0 Å². The zero-order valence-corrected chi connectivity index (χ0v) is 13.7. The molecule has 0 aliphatic heterocycles. The van der Waals surface area contributed by atoms with Gasteiger partial charge in [0.1, 0.15) is 23.7 Å². The van der Waals surface area contributed by atoms with E-state index in [4.69, 9.17) is 0 Å². The molecule has 1 N–H and O–H groups in total. The highest BCUT2D eigenvalue weighted by Crippen LogP contribution is 2.20. The van der Waals surface area contributed by atoms with Gasteiger partial charge in [-0.1, -0.05) is 13.8 Å². The van der Waals surface area contributed by atoms with Crippen LogP contribution in [0.1, 0.15) is 26.1 Å². The van der Waals surface area contributed by atoms with Crippen LogP contribution in [0.25, 0.3) is 16.4 Å². The van der Waals surface area contributed by atoms with E-state index in [-0.39, 0.29) is 23.8 Å². The summed E-state index contributed by atoms with van der Waals surface area (Å²) in [6, 6.07) is 6.02. The van der Waals surface area contributed by atoms with Gasteiger partial charge in [0, 0.05) is 18.4 Å². The quantitative estimate of drug-likeness (QED) is 0.776. The van der Waals surface area contributed by atoms with Crippen molar-refractivity contribution in [3.63, 3.8) is 0 Å². The highest BCUT2D eigenvalue weighted by molar-refractivity contribution is 5.87. The lowest BCUT2D eigenvalue weighted by Crippen LogP contribution is -2.35. The smallest absolute Gasteiger partial charge is 0.291 e. The highest BCUT2D eigenvalue weighted by Gasteiger charge is 2.15. The number of fused-ring (bicyclic) bond motifs is 3. The maximum absolute atomic E-state index is 13.5. The normalized spacial score (nSPS) is 11.3. The number of aromatic nitrogens is 3. The van der Waals surface area contributed by atoms with Gasteiger partial charge in [0.2, 0.25) is 5.91 Å². The molecule has 0 aliphatic rings. The molecule has 7 heteroatoms. The summed E-state index contributed by atoms with van der Waals surface area (Å²) in [7, 11) is 0. The number of aryl methyl sites for hydroxylation is 1. The molecule has 2 heterocycles. The van der Waals surface area contributed by atoms with E-state index in [1.54, 1.807) is 16.5 Å². The molecule has 0 saturated carbocycles. The first kappa shape index (κ1) is 16.2. The summed E-state index contributed by atoms with van der Waals surface area (Å²) in [5.74, 6) is 0.0400. The Labute approximate surface area is 137 Å². The van der Waals surface area contributed by atoms with Crippen molar-refractivity contribution in [2.75, 3.05) is 6.54 Å². The lowest BCUT2D eigenvalue weighted by Gasteiger charge is -2.10. The molecule has 0 saturated heterocycles. The summed E-state index contributed by atoms with van der Waals surface area (Å²) in [6.45, 7) is 4.31. The molecule has 0 radical (unpaired) electrons. The van der Waals surface area contributed by atoms with Crippen molar-refractivity contribution in [3.05, 3.63) is 46.3 Å². The van der Waals surface area contributed by atoms with E-state index in [1.165, 1.54) is 16.8 Å². The summed E-state index contributed by atoms with van der Waals surface area (Å²) in [5, 5.41) is 7.69. The van der Waals surface area contributed by atoms with E-state index >= 15 is 0 Å². The van der Waals surface area contributed by atoms with Crippen LogP contribution in [0.2, 0.25) is 0 Å². The van der Waals surface area contributed by atoms with Gasteiger partial charge in [0.25, 0.3) is 5.56 Å². The van der Waals surface area contributed by atoms with Crippen molar-refractivity contribution >= 4 is 22.3 Å². The Kier molecular flexibility index (Phi) is 4.33. The zero-order chi connectivity index (χ0) is 17.3. The number of carbonyl (C=O) groups is 1. The molecule has 126 valence electrons. The van der Waals surface area contributed by atoms with Crippen LogP contribution in [0.3, 0.4) is 0 Å². The number of hydrogen-bond donors (Lipinski definition) is 1. The first-order chi connectivity index (χ1) is 11.5. The highest BCUT2D eigenvalue weighted by atomic mass is 19.1. The molecule has 0 aliphatic carbocycles. The molecule has 1 aromatic carbocycles. The second kappa shape index (κ2) is 6.43. The number of rotatable bonds is 5. The lowest BCUT2D eigenvalue weighted by molar-refractivity contribution is -0.121. The maximum atomic E-state index is 13.5. The summed E-state index contributed by atoms with van der Waals surface area (Å²) in [4.78, 5) is 24.6. The van der Waals surface area contributed by atoms with Gasteiger partial charge in [-0.2, -0.15) is 5.10 Å². The Balaban J connectivity index is 2.16. The molecule has 0 atom stereocenters. The van der Waals surface area contributed by atoms with Crippen molar-refractivity contribution < 1.29 is 9.18 Å². The SMILES string of the molecule is CCCNC(=O)Cn1nc(CC)n2c(cc3cc(F)ccc32)c1=O. The molecule has 1 amide bonds. The predicted molar refractivity (Wildman–Crippen MR) is 89.6 cm³/mol. The van der Waals surface area contributed by atoms with Gasteiger partial charge >= 0.3 is 0 Å². The summed E-state index contributed by atoms with van der Waals surface area (Å²) < 4.78 is 16.4. The third kappa shape index (κ3) is 2.77. The second-order valence-corrected chi connectivity index (χ2v) is 5.65. The average molecular weight is 330 g/mol. The number of nitrogens with zero attached hydrogens (tertiary/aromatic N) is 3. The fourth-order valence-electron chi connectivity index (χ4n) is 2.78. The van der Waals surface area contributed by atoms with Crippen LogP contribution < -0.4 is 10.9 Å². The fourth-order valence-corrected chi connectivity index (χ4v) is 2.78. The molecule has 0 fully saturated rings. The van der Waals surface area contributed by atoms with E-state index < -0.39 is 0 Å². The van der Waals surface area contributed by atoms with Gasteiger partial charge in [-0.3, -0.25) is 14.0 Å². The maximum Gasteiger partial charge on any atom is 0.291 e. The van der Waals surface area contributed by atoms with Gasteiger partial charge in [-0.05, 0) is 30.7 Å². The van der Waals surface area contributed by atoms with Gasteiger partial charge < -0.3 is 5.32 Å². The van der Waals surface area contributed by atoms with Crippen LogP contribution in [0, 0.1) is 5.82 Å². The monoisotopic (exact) mass is 330 g/mol. The van der Waals surface area contributed by atoms with Crippen LogP contribution >= 0.6 is 0 Å². The third-order valence-corrected chi connectivity index (χ3v) is 3.89. The minimum atomic E-state index is -0.365. The Morgan fingerprint density at radius 1 is 1.25 bits per heavy atom. The molecule has 0 bridgehead atoms. The number of hydrogen-bond acceptors (Lipinski definition) is 3. The van der Waals surface area contributed by atoms with Crippen LogP contribution in [-0.2, 0) is 17.8 Å². The van der Waals surface area contributed by atoms with Crippen molar-refractivity contribution in [3.8, 4) is 0 Å². The van der Waals surface area contributed by atoms with Crippen molar-refractivity contribution in [2.24, 2.45) is 0 Å². The standard InChI is InChI=1S/C17H19FN4O2/c1-3-7-19-16(23)10-21-17(24)14-9-11-8-12(18)5-6-13(11)22(14)15(4-2)20-21/h5-6,8-9H,3-4,7,10H2,1-2H3,(H,19,23). The number of halogens is 1. The number of amides is 1. The second-order valence-electron chi connectivity index (χ2n) is 5.65. The number of benzene rings is 1. The molecular weight excluding hydrogens is 311 g/mol. The lowest BCUT2D eigenvalue weighted by atomic mass is 10.2. The minimum Gasteiger partial charge on any atom is -0.355 e. The van der Waals surface area contributed by atoms with Gasteiger partial charge in [-0.15, -0.1) is 0 Å². The Morgan fingerprint density at radius 3 is 2.75 bits per heavy atom. The molecule has 3 aromatic rings. The topological polar surface area (TPSA) is 68.4 Å². The van der Waals surface area contributed by atoms with Crippen LogP contribution in [0.5, 0.6) is 0 Å². The fraction of sp³-hybridized carbons (Fsp3) is 0.353. The molecule has 24 heavy (non-hydrogen) atoms. The molecule has 6 nitrogen and oxygen atoms in total. The Morgan fingerprint density at radius 2 is 2.04 bits per heavy atom. The van der Waals surface area contributed by atoms with Crippen molar-refractivity contribution in [2.45, 2.75) is 33.2 Å². The van der Waals surface area contributed by atoms with Crippen LogP contribution in [0.15, 0.2) is 29.1 Å². The van der Waals surface area contributed by atoms with Crippen molar-refractivity contribution in [1.29, 1.82) is 0 Å². The summed E-state index contributed by atoms with van der Waals surface area (Å²) >= 11 is 0.